The van der Waals surface area contributed by atoms with Gasteiger partial charge in [0.2, 0.25) is 0 Å². The highest BCUT2D eigenvalue weighted by Crippen LogP contribution is 2.24. The zero-order valence-electron chi connectivity index (χ0n) is 6.51. The van der Waals surface area contributed by atoms with E-state index in [0.29, 0.717) is 6.04 Å². The van der Waals surface area contributed by atoms with Crippen molar-refractivity contribution in [1.29, 1.82) is 0 Å². The zero-order valence-corrected chi connectivity index (χ0v) is 6.51. The third-order valence-corrected chi connectivity index (χ3v) is 2.41. The number of allylic oxidation sites excluding steroid dienone is 1. The van der Waals surface area contributed by atoms with Crippen LogP contribution < -0.4 is 10.9 Å². The molecule has 0 amide bonds. The summed E-state index contributed by atoms with van der Waals surface area (Å²) < 4.78 is 0. The van der Waals surface area contributed by atoms with Crippen LogP contribution in [0.15, 0.2) is 11.6 Å². The van der Waals surface area contributed by atoms with E-state index in [1.54, 1.807) is 0 Å². The van der Waals surface area contributed by atoms with Crippen LogP contribution in [0.25, 0.3) is 0 Å². The van der Waals surface area contributed by atoms with E-state index in [9.17, 15) is 0 Å². The third kappa shape index (κ3) is 1.45. The second kappa shape index (κ2) is 2.93. The number of aliphatic hydroxyl groups is 1. The lowest BCUT2D eigenvalue weighted by Gasteiger charge is -2.09. The van der Waals surface area contributed by atoms with Crippen molar-refractivity contribution >= 4 is 0 Å². The van der Waals surface area contributed by atoms with Crippen molar-refractivity contribution in [3.05, 3.63) is 11.6 Å². The number of nitrogens with one attached hydrogen (secondary N) is 2. The van der Waals surface area contributed by atoms with Gasteiger partial charge < -0.3 is 5.11 Å². The summed E-state index contributed by atoms with van der Waals surface area (Å²) in [4.78, 5) is 0. The van der Waals surface area contributed by atoms with Gasteiger partial charge in [0.15, 0.2) is 0 Å². The number of hydrazine groups is 1. The van der Waals surface area contributed by atoms with Gasteiger partial charge in [-0.1, -0.05) is 11.6 Å². The second-order valence-electron chi connectivity index (χ2n) is 3.26. The van der Waals surface area contributed by atoms with E-state index in [1.807, 2.05) is 0 Å². The average Bonchev–Trinajstić information content (AvgIpc) is 2.55. The minimum absolute atomic E-state index is 0.360. The van der Waals surface area contributed by atoms with Gasteiger partial charge in [-0.25, -0.2) is 10.9 Å². The minimum Gasteiger partial charge on any atom is -0.377 e. The van der Waals surface area contributed by atoms with Gasteiger partial charge in [0.05, 0.1) is 0 Å². The molecule has 0 radical (unpaired) electrons. The molecule has 3 nitrogen and oxygen atoms in total. The summed E-state index contributed by atoms with van der Waals surface area (Å²) in [6.07, 6.45) is 6.43. The SMILES string of the molecule is OC1C[C@H](C2=CCCC2)NN1. The number of hydrogen-bond acceptors (Lipinski definition) is 3. The summed E-state index contributed by atoms with van der Waals surface area (Å²) in [5.41, 5.74) is 7.36. The first kappa shape index (κ1) is 7.28. The fourth-order valence-corrected chi connectivity index (χ4v) is 1.79. The monoisotopic (exact) mass is 154 g/mol. The molecule has 3 N–H and O–H groups in total. The summed E-state index contributed by atoms with van der Waals surface area (Å²) >= 11 is 0. The van der Waals surface area contributed by atoms with Crippen LogP contribution in [0.4, 0.5) is 0 Å². The summed E-state index contributed by atoms with van der Waals surface area (Å²) in [6, 6.07) is 0.382. The van der Waals surface area contributed by atoms with E-state index >= 15 is 0 Å². The maximum Gasteiger partial charge on any atom is 0.119 e. The predicted molar refractivity (Wildman–Crippen MR) is 42.6 cm³/mol. The van der Waals surface area contributed by atoms with Crippen LogP contribution >= 0.6 is 0 Å². The fourth-order valence-electron chi connectivity index (χ4n) is 1.79. The molecule has 62 valence electrons. The topological polar surface area (TPSA) is 44.3 Å². The molecule has 2 atom stereocenters. The first-order valence-electron chi connectivity index (χ1n) is 4.24. The molecule has 1 heterocycles. The molecule has 1 saturated heterocycles. The first-order valence-corrected chi connectivity index (χ1v) is 4.24. The molecule has 1 aliphatic heterocycles. The highest BCUT2D eigenvalue weighted by molar-refractivity contribution is 5.16. The van der Waals surface area contributed by atoms with Crippen LogP contribution in [0, 0.1) is 0 Å². The lowest BCUT2D eigenvalue weighted by Crippen LogP contribution is -2.33. The van der Waals surface area contributed by atoms with Crippen LogP contribution in [0.5, 0.6) is 0 Å². The quantitative estimate of drug-likeness (QED) is 0.475. The zero-order chi connectivity index (χ0) is 7.68. The molecule has 1 fully saturated rings. The Morgan fingerprint density at radius 1 is 1.45 bits per heavy atom. The Morgan fingerprint density at radius 3 is 2.91 bits per heavy atom. The highest BCUT2D eigenvalue weighted by Gasteiger charge is 2.25. The molecule has 0 saturated carbocycles. The summed E-state index contributed by atoms with van der Waals surface area (Å²) in [5.74, 6) is 0. The lowest BCUT2D eigenvalue weighted by atomic mass is 10.1. The molecule has 0 aromatic heterocycles. The second-order valence-corrected chi connectivity index (χ2v) is 3.26. The van der Waals surface area contributed by atoms with Gasteiger partial charge in [-0.3, -0.25) is 0 Å². The Hall–Kier alpha value is -0.380. The lowest BCUT2D eigenvalue weighted by molar-refractivity contribution is 0.153. The molecule has 0 bridgehead atoms. The van der Waals surface area contributed by atoms with Crippen LogP contribution in [-0.2, 0) is 0 Å². The van der Waals surface area contributed by atoms with Crippen LogP contribution in [-0.4, -0.2) is 17.4 Å². The molecule has 0 aromatic carbocycles. The van der Waals surface area contributed by atoms with Crippen LogP contribution in [0.1, 0.15) is 25.7 Å². The van der Waals surface area contributed by atoms with Crippen molar-refractivity contribution in [2.45, 2.75) is 38.0 Å². The van der Waals surface area contributed by atoms with Crippen molar-refractivity contribution in [1.82, 2.24) is 10.9 Å². The molecule has 11 heavy (non-hydrogen) atoms. The Kier molecular flexibility index (Phi) is 1.94. The molecular formula is C8H14N2O. The number of rotatable bonds is 1. The first-order chi connectivity index (χ1) is 5.36. The Bertz CT molecular complexity index is 179. The standard InChI is InChI=1S/C8H14N2O/c11-8-5-7(9-10-8)6-3-1-2-4-6/h3,7-11H,1-2,4-5H2/t7-,8?/m1/s1. The normalized spacial score (nSPS) is 37.7. The largest absolute Gasteiger partial charge is 0.377 e. The smallest absolute Gasteiger partial charge is 0.119 e. The van der Waals surface area contributed by atoms with E-state index in [-0.39, 0.29) is 6.23 Å². The Labute approximate surface area is 66.5 Å². The van der Waals surface area contributed by atoms with Gasteiger partial charge in [-0.15, -0.1) is 0 Å². The van der Waals surface area contributed by atoms with Gasteiger partial charge in [0.25, 0.3) is 0 Å². The molecule has 2 rings (SSSR count). The van der Waals surface area contributed by atoms with Crippen LogP contribution in [0.2, 0.25) is 0 Å². The van der Waals surface area contributed by atoms with E-state index in [2.05, 4.69) is 16.9 Å². The molecule has 1 unspecified atom stereocenters. The van der Waals surface area contributed by atoms with Gasteiger partial charge in [-0.2, -0.15) is 0 Å². The molecule has 2 aliphatic rings. The average molecular weight is 154 g/mol. The molecule has 0 aromatic rings. The van der Waals surface area contributed by atoms with Gasteiger partial charge in [0, 0.05) is 12.5 Å². The molecule has 0 spiro atoms. The van der Waals surface area contributed by atoms with Crippen molar-refractivity contribution in [3.8, 4) is 0 Å². The number of aliphatic hydroxyl groups excluding tert-OH is 1. The predicted octanol–water partition coefficient (Wildman–Crippen LogP) is 0.282. The highest BCUT2D eigenvalue weighted by atomic mass is 16.3. The molecular weight excluding hydrogens is 140 g/mol. The summed E-state index contributed by atoms with van der Waals surface area (Å²) in [6.45, 7) is 0. The van der Waals surface area contributed by atoms with Crippen LogP contribution in [0.3, 0.4) is 0 Å². The van der Waals surface area contributed by atoms with E-state index < -0.39 is 0 Å². The van der Waals surface area contributed by atoms with E-state index in [0.717, 1.165) is 6.42 Å². The fraction of sp³-hybridized carbons (Fsp3) is 0.750. The van der Waals surface area contributed by atoms with Gasteiger partial charge in [0.1, 0.15) is 6.23 Å². The molecule has 3 heteroatoms. The van der Waals surface area contributed by atoms with E-state index in [4.69, 9.17) is 5.11 Å². The van der Waals surface area contributed by atoms with Crippen molar-refractivity contribution in [2.24, 2.45) is 0 Å². The Balaban J connectivity index is 1.95. The van der Waals surface area contributed by atoms with Crippen molar-refractivity contribution in [3.63, 3.8) is 0 Å². The number of hydrogen-bond donors (Lipinski definition) is 3. The maximum absolute atomic E-state index is 9.16. The van der Waals surface area contributed by atoms with Gasteiger partial charge in [-0.05, 0) is 19.3 Å². The third-order valence-electron chi connectivity index (χ3n) is 2.41. The van der Waals surface area contributed by atoms with Crippen molar-refractivity contribution in [2.75, 3.05) is 0 Å². The molecule has 1 aliphatic carbocycles. The summed E-state index contributed by atoms with van der Waals surface area (Å²) in [7, 11) is 0. The van der Waals surface area contributed by atoms with Gasteiger partial charge >= 0.3 is 0 Å². The summed E-state index contributed by atoms with van der Waals surface area (Å²) in [5, 5.41) is 9.16. The van der Waals surface area contributed by atoms with Crippen molar-refractivity contribution < 1.29 is 5.11 Å². The minimum atomic E-state index is -0.360. The van der Waals surface area contributed by atoms with E-state index in [1.165, 1.54) is 24.8 Å². The Morgan fingerprint density at radius 2 is 2.36 bits per heavy atom. The maximum atomic E-state index is 9.16.